The Hall–Kier alpha value is -4.67. The van der Waals surface area contributed by atoms with E-state index in [0.717, 1.165) is 0 Å². The fourth-order valence-corrected chi connectivity index (χ4v) is 4.46. The number of carbonyl (C=O) groups excluding carboxylic acids is 1. The first-order chi connectivity index (χ1) is 17.7. The van der Waals surface area contributed by atoms with Gasteiger partial charge in [0.05, 0.1) is 23.3 Å². The summed E-state index contributed by atoms with van der Waals surface area (Å²) in [6.45, 7) is 0. The number of methoxy groups -OCH3 is 1. The van der Waals surface area contributed by atoms with Gasteiger partial charge in [-0.2, -0.15) is 0 Å². The predicted molar refractivity (Wildman–Crippen MR) is 142 cm³/mol. The molecule has 0 saturated carbocycles. The molecule has 0 aliphatic heterocycles. The van der Waals surface area contributed by atoms with Gasteiger partial charge in [-0.25, -0.2) is 13.6 Å². The number of anilines is 1. The van der Waals surface area contributed by atoms with Gasteiger partial charge in [-0.1, -0.05) is 48.5 Å². The fraction of sp³-hybridized carbons (Fsp3) is 0.0370. The lowest BCUT2D eigenvalue weighted by atomic mass is 10.0. The molecule has 0 radical (unpaired) electrons. The number of amidine groups is 1. The Labute approximate surface area is 214 Å². The first-order valence-electron chi connectivity index (χ1n) is 11.0. The Morgan fingerprint density at radius 3 is 2.35 bits per heavy atom. The van der Waals surface area contributed by atoms with Crippen LogP contribution >= 0.6 is 0 Å². The zero-order valence-electron chi connectivity index (χ0n) is 19.8. The summed E-state index contributed by atoms with van der Waals surface area (Å²) in [5, 5.41) is 15.8. The number of hydrogen-bond donors (Lipinski definition) is 4. The molecule has 0 bridgehead atoms. The quantitative estimate of drug-likeness (QED) is 0.201. The van der Waals surface area contributed by atoms with Gasteiger partial charge in [-0.05, 0) is 48.0 Å². The SMILES string of the molecule is COc1cc(-c2ccccc2S(N)(=O)=O)ccc1C(=O)Nc1ccccc1Oc1cccc(C(=N)N)c1. The van der Waals surface area contributed by atoms with Crippen LogP contribution in [0.5, 0.6) is 17.2 Å². The number of nitrogens with two attached hydrogens (primary N) is 2. The molecule has 0 aliphatic carbocycles. The fourth-order valence-electron chi connectivity index (χ4n) is 3.70. The van der Waals surface area contributed by atoms with Gasteiger partial charge in [0, 0.05) is 11.1 Å². The number of ether oxygens (including phenoxy) is 2. The van der Waals surface area contributed by atoms with Gasteiger partial charge in [0.1, 0.15) is 17.3 Å². The van der Waals surface area contributed by atoms with Gasteiger partial charge in [-0.3, -0.25) is 10.2 Å². The van der Waals surface area contributed by atoms with E-state index < -0.39 is 15.9 Å². The van der Waals surface area contributed by atoms with Crippen molar-refractivity contribution in [1.29, 1.82) is 5.41 Å². The van der Waals surface area contributed by atoms with E-state index in [2.05, 4.69) is 5.32 Å². The van der Waals surface area contributed by atoms with Crippen LogP contribution < -0.4 is 25.7 Å². The highest BCUT2D eigenvalue weighted by molar-refractivity contribution is 7.89. The molecule has 4 aromatic carbocycles. The van der Waals surface area contributed by atoms with Gasteiger partial charge in [0.2, 0.25) is 10.0 Å². The molecule has 1 amide bonds. The van der Waals surface area contributed by atoms with E-state index in [0.29, 0.717) is 33.9 Å². The van der Waals surface area contributed by atoms with E-state index in [1.165, 1.54) is 13.2 Å². The molecule has 0 aliphatic rings. The zero-order chi connectivity index (χ0) is 26.6. The number of para-hydroxylation sites is 2. The van der Waals surface area contributed by atoms with Gasteiger partial charge in [-0.15, -0.1) is 0 Å². The highest BCUT2D eigenvalue weighted by Gasteiger charge is 2.19. The average molecular weight is 517 g/mol. The van der Waals surface area contributed by atoms with Gasteiger partial charge in [0.25, 0.3) is 5.91 Å². The zero-order valence-corrected chi connectivity index (χ0v) is 20.6. The number of nitrogens with one attached hydrogen (secondary N) is 2. The Kier molecular flexibility index (Phi) is 7.23. The minimum Gasteiger partial charge on any atom is -0.496 e. The summed E-state index contributed by atoms with van der Waals surface area (Å²) < 4.78 is 35.5. The number of carbonyl (C=O) groups is 1. The van der Waals surface area contributed by atoms with Gasteiger partial charge in [0.15, 0.2) is 5.75 Å². The molecule has 6 N–H and O–H groups in total. The number of hydrogen-bond acceptors (Lipinski definition) is 6. The predicted octanol–water partition coefficient (Wildman–Crippen LogP) is 4.34. The first kappa shape index (κ1) is 25.4. The van der Waals surface area contributed by atoms with Crippen LogP contribution in [0.1, 0.15) is 15.9 Å². The number of primary sulfonamides is 1. The Bertz CT molecular complexity index is 1600. The van der Waals surface area contributed by atoms with Crippen LogP contribution in [-0.4, -0.2) is 27.3 Å². The van der Waals surface area contributed by atoms with E-state index in [1.807, 2.05) is 0 Å². The molecular weight excluding hydrogens is 492 g/mol. The van der Waals surface area contributed by atoms with E-state index in [9.17, 15) is 13.2 Å². The Balaban J connectivity index is 1.63. The second-order valence-electron chi connectivity index (χ2n) is 7.95. The van der Waals surface area contributed by atoms with Crippen LogP contribution in [0.4, 0.5) is 5.69 Å². The summed E-state index contributed by atoms with van der Waals surface area (Å²) in [6.07, 6.45) is 0. The molecule has 0 heterocycles. The van der Waals surface area contributed by atoms with E-state index in [-0.39, 0.29) is 22.0 Å². The maximum absolute atomic E-state index is 13.2. The molecule has 37 heavy (non-hydrogen) atoms. The molecule has 4 aromatic rings. The lowest BCUT2D eigenvalue weighted by Crippen LogP contribution is -2.14. The normalized spacial score (nSPS) is 11.0. The molecule has 9 nitrogen and oxygen atoms in total. The van der Waals surface area contributed by atoms with Crippen LogP contribution in [0.25, 0.3) is 11.1 Å². The van der Waals surface area contributed by atoms with E-state index >= 15 is 0 Å². The Morgan fingerprint density at radius 1 is 0.892 bits per heavy atom. The van der Waals surface area contributed by atoms with Crippen molar-refractivity contribution in [2.75, 3.05) is 12.4 Å². The van der Waals surface area contributed by atoms with Crippen molar-refractivity contribution in [2.45, 2.75) is 4.90 Å². The standard InChI is InChI=1S/C27H24N4O5S/c1-35-24-16-17(20-9-2-5-12-25(20)37(30,33)34)13-14-21(24)27(32)31-22-10-3-4-11-23(22)36-19-8-6-7-18(15-19)26(28)29/h2-16H,1H3,(H3,28,29)(H,31,32)(H2,30,33,34). The summed E-state index contributed by atoms with van der Waals surface area (Å²) in [5.74, 6) is 0.525. The molecule has 0 fully saturated rings. The molecule has 0 unspecified atom stereocenters. The highest BCUT2D eigenvalue weighted by Crippen LogP contribution is 2.33. The average Bonchev–Trinajstić information content (AvgIpc) is 2.89. The van der Waals surface area contributed by atoms with Crippen molar-refractivity contribution >= 4 is 27.5 Å². The summed E-state index contributed by atoms with van der Waals surface area (Å²) in [4.78, 5) is 13.2. The number of sulfonamides is 1. The second kappa shape index (κ2) is 10.5. The number of rotatable bonds is 8. The van der Waals surface area contributed by atoms with Gasteiger partial charge < -0.3 is 20.5 Å². The third kappa shape index (κ3) is 5.77. The molecule has 0 aromatic heterocycles. The van der Waals surface area contributed by atoms with Crippen LogP contribution in [0.2, 0.25) is 0 Å². The minimum atomic E-state index is -3.96. The summed E-state index contributed by atoms with van der Waals surface area (Å²) >= 11 is 0. The monoisotopic (exact) mass is 516 g/mol. The van der Waals surface area contributed by atoms with Crippen molar-refractivity contribution in [1.82, 2.24) is 0 Å². The first-order valence-corrected chi connectivity index (χ1v) is 12.5. The smallest absolute Gasteiger partial charge is 0.259 e. The highest BCUT2D eigenvalue weighted by atomic mass is 32.2. The number of amides is 1. The molecule has 10 heteroatoms. The third-order valence-electron chi connectivity index (χ3n) is 5.46. The summed E-state index contributed by atoms with van der Waals surface area (Å²) in [6, 6.07) is 24.7. The molecule has 0 spiro atoms. The van der Waals surface area contributed by atoms with Crippen molar-refractivity contribution in [3.05, 3.63) is 102 Å². The van der Waals surface area contributed by atoms with Crippen LogP contribution in [0.15, 0.2) is 95.9 Å². The molecule has 0 atom stereocenters. The molecule has 188 valence electrons. The summed E-state index contributed by atoms with van der Waals surface area (Å²) in [7, 11) is -2.54. The van der Waals surface area contributed by atoms with Crippen molar-refractivity contribution in [3.8, 4) is 28.4 Å². The van der Waals surface area contributed by atoms with E-state index in [1.54, 1.807) is 84.9 Å². The Morgan fingerprint density at radius 2 is 1.62 bits per heavy atom. The summed E-state index contributed by atoms with van der Waals surface area (Å²) in [5.41, 5.74) is 7.62. The van der Waals surface area contributed by atoms with Crippen LogP contribution in [-0.2, 0) is 10.0 Å². The minimum absolute atomic E-state index is 0.0332. The largest absolute Gasteiger partial charge is 0.496 e. The molecule has 0 saturated heterocycles. The van der Waals surface area contributed by atoms with Crippen molar-refractivity contribution in [3.63, 3.8) is 0 Å². The van der Waals surface area contributed by atoms with Crippen molar-refractivity contribution in [2.24, 2.45) is 10.9 Å². The van der Waals surface area contributed by atoms with Crippen molar-refractivity contribution < 1.29 is 22.7 Å². The lowest BCUT2D eigenvalue weighted by molar-refractivity contribution is 0.102. The molecule has 4 rings (SSSR count). The van der Waals surface area contributed by atoms with Gasteiger partial charge >= 0.3 is 0 Å². The lowest BCUT2D eigenvalue weighted by Gasteiger charge is -2.15. The maximum atomic E-state index is 13.2. The number of benzene rings is 4. The number of nitrogen functional groups attached to an aromatic ring is 1. The topological polar surface area (TPSA) is 158 Å². The van der Waals surface area contributed by atoms with E-state index in [4.69, 9.17) is 25.8 Å². The third-order valence-corrected chi connectivity index (χ3v) is 6.43. The van der Waals surface area contributed by atoms with Crippen LogP contribution in [0, 0.1) is 5.41 Å². The second-order valence-corrected chi connectivity index (χ2v) is 9.48. The maximum Gasteiger partial charge on any atom is 0.259 e. The molecular formula is C27H24N4O5S. The van der Waals surface area contributed by atoms with Crippen LogP contribution in [0.3, 0.4) is 0 Å².